The fourth-order valence-electron chi connectivity index (χ4n) is 1.56. The molecule has 1 aromatic carbocycles. The summed E-state index contributed by atoms with van der Waals surface area (Å²) in [4.78, 5) is 12.0. The van der Waals surface area contributed by atoms with Crippen LogP contribution in [-0.2, 0) is 4.74 Å². The largest absolute Gasteiger partial charge is 0.478 e. The van der Waals surface area contributed by atoms with Crippen molar-refractivity contribution >= 4 is 17.7 Å². The highest BCUT2D eigenvalue weighted by Gasteiger charge is 2.07. The number of carbonyl (C=O) groups is 1. The third kappa shape index (κ3) is 6.12. The van der Waals surface area contributed by atoms with E-state index in [9.17, 15) is 4.79 Å². The minimum Gasteiger partial charge on any atom is -0.478 e. The molecule has 0 spiro atoms. The van der Waals surface area contributed by atoms with Crippen LogP contribution in [0.25, 0.3) is 0 Å². The molecule has 0 unspecified atom stereocenters. The third-order valence-corrected chi connectivity index (χ3v) is 3.73. The van der Waals surface area contributed by atoms with E-state index in [4.69, 9.17) is 9.84 Å². The predicted octanol–water partition coefficient (Wildman–Crippen LogP) is 3.85. The van der Waals surface area contributed by atoms with Crippen LogP contribution in [0.2, 0.25) is 0 Å². The standard InChI is InChI=1S/C15H22O3S/c1-11(2)6-7-18-8-9-19-13-5-4-12(3)14(10-13)15(16)17/h4-5,10-11H,6-9H2,1-3H3,(H,16,17). The smallest absolute Gasteiger partial charge is 0.335 e. The molecule has 0 fully saturated rings. The Balaban J connectivity index is 2.34. The Kier molecular flexibility index (Phi) is 6.95. The Morgan fingerprint density at radius 3 is 2.74 bits per heavy atom. The molecule has 106 valence electrons. The van der Waals surface area contributed by atoms with Crippen LogP contribution in [0.5, 0.6) is 0 Å². The summed E-state index contributed by atoms with van der Waals surface area (Å²) >= 11 is 1.63. The average molecular weight is 282 g/mol. The van der Waals surface area contributed by atoms with Gasteiger partial charge in [-0.1, -0.05) is 19.9 Å². The summed E-state index contributed by atoms with van der Waals surface area (Å²) < 4.78 is 5.53. The number of aromatic carboxylic acids is 1. The van der Waals surface area contributed by atoms with Crippen molar-refractivity contribution in [3.8, 4) is 0 Å². The van der Waals surface area contributed by atoms with Crippen molar-refractivity contribution in [2.75, 3.05) is 19.0 Å². The molecule has 1 rings (SSSR count). The average Bonchev–Trinajstić information content (AvgIpc) is 2.34. The molecule has 19 heavy (non-hydrogen) atoms. The zero-order valence-corrected chi connectivity index (χ0v) is 12.6. The van der Waals surface area contributed by atoms with Crippen molar-refractivity contribution < 1.29 is 14.6 Å². The van der Waals surface area contributed by atoms with Crippen LogP contribution in [0.1, 0.15) is 36.2 Å². The number of hydrogen-bond acceptors (Lipinski definition) is 3. The number of aryl methyl sites for hydroxylation is 1. The Hall–Kier alpha value is -1.00. The number of rotatable bonds is 8. The van der Waals surface area contributed by atoms with Gasteiger partial charge in [0.05, 0.1) is 12.2 Å². The van der Waals surface area contributed by atoms with E-state index in [0.29, 0.717) is 18.1 Å². The van der Waals surface area contributed by atoms with E-state index in [1.807, 2.05) is 19.1 Å². The quantitative estimate of drug-likeness (QED) is 0.581. The summed E-state index contributed by atoms with van der Waals surface area (Å²) in [5, 5.41) is 9.05. The molecular formula is C15H22O3S. The highest BCUT2D eigenvalue weighted by Crippen LogP contribution is 2.21. The number of thioether (sulfide) groups is 1. The Labute approximate surface area is 119 Å². The first-order valence-electron chi connectivity index (χ1n) is 6.55. The summed E-state index contributed by atoms with van der Waals surface area (Å²) in [6.07, 6.45) is 1.08. The van der Waals surface area contributed by atoms with Crippen molar-refractivity contribution in [1.82, 2.24) is 0 Å². The molecule has 0 amide bonds. The molecule has 0 bridgehead atoms. The summed E-state index contributed by atoms with van der Waals surface area (Å²) in [6, 6.07) is 5.54. The van der Waals surface area contributed by atoms with Gasteiger partial charge in [-0.2, -0.15) is 0 Å². The maximum absolute atomic E-state index is 11.0. The van der Waals surface area contributed by atoms with Gasteiger partial charge in [0.15, 0.2) is 0 Å². The van der Waals surface area contributed by atoms with Gasteiger partial charge < -0.3 is 9.84 Å². The Morgan fingerprint density at radius 1 is 1.37 bits per heavy atom. The van der Waals surface area contributed by atoms with Crippen LogP contribution >= 0.6 is 11.8 Å². The van der Waals surface area contributed by atoms with Gasteiger partial charge in [0.25, 0.3) is 0 Å². The number of ether oxygens (including phenoxy) is 1. The Morgan fingerprint density at radius 2 is 2.11 bits per heavy atom. The monoisotopic (exact) mass is 282 g/mol. The first kappa shape index (κ1) is 16.1. The van der Waals surface area contributed by atoms with Crippen molar-refractivity contribution in [1.29, 1.82) is 0 Å². The molecule has 0 aliphatic rings. The molecule has 4 heteroatoms. The number of carboxylic acids is 1. The predicted molar refractivity (Wildman–Crippen MR) is 79.1 cm³/mol. The molecular weight excluding hydrogens is 260 g/mol. The zero-order valence-electron chi connectivity index (χ0n) is 11.8. The third-order valence-electron chi connectivity index (χ3n) is 2.78. The van der Waals surface area contributed by atoms with Crippen LogP contribution in [0.4, 0.5) is 0 Å². The van der Waals surface area contributed by atoms with Crippen molar-refractivity contribution in [3.63, 3.8) is 0 Å². The summed E-state index contributed by atoms with van der Waals surface area (Å²) in [5.74, 6) is 0.649. The molecule has 0 aromatic heterocycles. The van der Waals surface area contributed by atoms with Gasteiger partial charge in [-0.05, 0) is 37.0 Å². The highest BCUT2D eigenvalue weighted by atomic mass is 32.2. The van der Waals surface area contributed by atoms with Crippen molar-refractivity contribution in [2.45, 2.75) is 32.1 Å². The summed E-state index contributed by atoms with van der Waals surface area (Å²) in [6.45, 7) is 7.67. The maximum atomic E-state index is 11.0. The van der Waals surface area contributed by atoms with E-state index in [0.717, 1.165) is 29.2 Å². The lowest BCUT2D eigenvalue weighted by Gasteiger charge is -2.07. The van der Waals surface area contributed by atoms with Crippen LogP contribution in [0.15, 0.2) is 23.1 Å². The summed E-state index contributed by atoms with van der Waals surface area (Å²) in [7, 11) is 0. The second kappa shape index (κ2) is 8.23. The molecule has 3 nitrogen and oxygen atoms in total. The van der Waals surface area contributed by atoms with Gasteiger partial charge >= 0.3 is 5.97 Å². The second-order valence-electron chi connectivity index (χ2n) is 4.93. The first-order chi connectivity index (χ1) is 9.00. The van der Waals surface area contributed by atoms with Gasteiger partial charge in [-0.3, -0.25) is 0 Å². The van der Waals surface area contributed by atoms with Crippen molar-refractivity contribution in [2.24, 2.45) is 5.92 Å². The van der Waals surface area contributed by atoms with E-state index >= 15 is 0 Å². The van der Waals surface area contributed by atoms with E-state index in [1.54, 1.807) is 17.8 Å². The van der Waals surface area contributed by atoms with E-state index < -0.39 is 5.97 Å². The number of hydrogen-bond donors (Lipinski definition) is 1. The minimum absolute atomic E-state index is 0.380. The van der Waals surface area contributed by atoms with Gasteiger partial charge in [0.1, 0.15) is 0 Å². The van der Waals surface area contributed by atoms with Crippen LogP contribution < -0.4 is 0 Å². The van der Waals surface area contributed by atoms with Gasteiger partial charge in [0, 0.05) is 17.3 Å². The molecule has 0 saturated carbocycles. The lowest BCUT2D eigenvalue weighted by Crippen LogP contribution is -2.02. The van der Waals surface area contributed by atoms with Crippen molar-refractivity contribution in [3.05, 3.63) is 29.3 Å². The van der Waals surface area contributed by atoms with Gasteiger partial charge in [-0.15, -0.1) is 11.8 Å². The molecule has 0 saturated heterocycles. The second-order valence-corrected chi connectivity index (χ2v) is 6.09. The fraction of sp³-hybridized carbons (Fsp3) is 0.533. The topological polar surface area (TPSA) is 46.5 Å². The van der Waals surface area contributed by atoms with E-state index in [-0.39, 0.29) is 0 Å². The summed E-state index contributed by atoms with van der Waals surface area (Å²) in [5.41, 5.74) is 1.18. The SMILES string of the molecule is Cc1ccc(SCCOCCC(C)C)cc1C(=O)O. The lowest BCUT2D eigenvalue weighted by atomic mass is 10.1. The van der Waals surface area contributed by atoms with Crippen LogP contribution in [0, 0.1) is 12.8 Å². The molecule has 0 aliphatic carbocycles. The Bertz CT molecular complexity index is 416. The van der Waals surface area contributed by atoms with Crippen LogP contribution in [-0.4, -0.2) is 30.0 Å². The number of benzene rings is 1. The van der Waals surface area contributed by atoms with E-state index in [1.165, 1.54) is 0 Å². The minimum atomic E-state index is -0.867. The highest BCUT2D eigenvalue weighted by molar-refractivity contribution is 7.99. The fourth-order valence-corrected chi connectivity index (χ4v) is 2.36. The molecule has 0 atom stereocenters. The first-order valence-corrected chi connectivity index (χ1v) is 7.53. The van der Waals surface area contributed by atoms with Gasteiger partial charge in [-0.25, -0.2) is 4.79 Å². The molecule has 0 heterocycles. The molecule has 0 aliphatic heterocycles. The number of carboxylic acid groups (broad SMARTS) is 1. The molecule has 0 radical (unpaired) electrons. The van der Waals surface area contributed by atoms with E-state index in [2.05, 4.69) is 13.8 Å². The lowest BCUT2D eigenvalue weighted by molar-refractivity contribution is 0.0696. The van der Waals surface area contributed by atoms with Gasteiger partial charge in [0.2, 0.25) is 0 Å². The zero-order chi connectivity index (χ0) is 14.3. The normalized spacial score (nSPS) is 10.9. The molecule has 1 N–H and O–H groups in total. The molecule has 1 aromatic rings. The van der Waals surface area contributed by atoms with Crippen LogP contribution in [0.3, 0.4) is 0 Å². The maximum Gasteiger partial charge on any atom is 0.335 e.